The van der Waals surface area contributed by atoms with Gasteiger partial charge in [0.25, 0.3) is 5.91 Å². The summed E-state index contributed by atoms with van der Waals surface area (Å²) in [6.07, 6.45) is 0.981. The molecule has 1 heterocycles. The van der Waals surface area contributed by atoms with Gasteiger partial charge in [-0.2, -0.15) is 0 Å². The quantitative estimate of drug-likeness (QED) is 0.730. The summed E-state index contributed by atoms with van der Waals surface area (Å²) >= 11 is 0. The maximum absolute atomic E-state index is 13.1. The lowest BCUT2D eigenvalue weighted by Gasteiger charge is -2.35. The number of carbonyl (C=O) groups is 1. The number of hydrogen-bond donors (Lipinski definition) is 2. The van der Waals surface area contributed by atoms with Crippen LogP contribution in [0, 0.1) is 6.92 Å². The van der Waals surface area contributed by atoms with E-state index in [-0.39, 0.29) is 5.91 Å². The van der Waals surface area contributed by atoms with Gasteiger partial charge in [-0.3, -0.25) is 4.79 Å². The first kappa shape index (κ1) is 22.0. The van der Waals surface area contributed by atoms with Gasteiger partial charge in [0.1, 0.15) is 5.75 Å². The molecule has 3 rings (SSSR count). The fraction of sp³-hybridized carbons (Fsp3) is 0.458. The summed E-state index contributed by atoms with van der Waals surface area (Å²) in [6.45, 7) is 8.65. The number of benzene rings is 2. The number of nitrogens with one attached hydrogen (secondary N) is 2. The molecule has 6 heteroatoms. The molecule has 2 aromatic carbocycles. The summed E-state index contributed by atoms with van der Waals surface area (Å²) in [6, 6.07) is 10.1. The second-order valence-electron chi connectivity index (χ2n) is 7.90. The number of hydrogen-bond acceptors (Lipinski definition) is 5. The summed E-state index contributed by atoms with van der Waals surface area (Å²) < 4.78 is 5.71. The number of carbonyl (C=O) groups excluding carboxylic acids is 1. The van der Waals surface area contributed by atoms with E-state index in [1.165, 1.54) is 0 Å². The van der Waals surface area contributed by atoms with Crippen LogP contribution < -0.4 is 20.3 Å². The van der Waals surface area contributed by atoms with E-state index in [1.54, 1.807) is 26.1 Å². The van der Waals surface area contributed by atoms with Gasteiger partial charge in [-0.1, -0.05) is 25.1 Å². The van der Waals surface area contributed by atoms with Gasteiger partial charge in [-0.25, -0.2) is 0 Å². The lowest BCUT2D eigenvalue weighted by molar-refractivity contribution is 0.0828. The minimum Gasteiger partial charge on any atom is -0.496 e. The van der Waals surface area contributed by atoms with Crippen LogP contribution in [-0.2, 0) is 0 Å². The molecule has 0 aromatic heterocycles. The van der Waals surface area contributed by atoms with Crippen LogP contribution in [0.3, 0.4) is 0 Å². The third-order valence-corrected chi connectivity index (χ3v) is 5.50. The number of amides is 1. The second kappa shape index (κ2) is 9.85. The Morgan fingerprint density at radius 3 is 2.57 bits per heavy atom. The monoisotopic (exact) mass is 410 g/mol. The van der Waals surface area contributed by atoms with Crippen LogP contribution in [0.25, 0.3) is 11.1 Å². The van der Waals surface area contributed by atoms with Crippen molar-refractivity contribution in [3.63, 3.8) is 0 Å². The van der Waals surface area contributed by atoms with E-state index < -0.39 is 0 Å². The third-order valence-electron chi connectivity index (χ3n) is 5.50. The summed E-state index contributed by atoms with van der Waals surface area (Å²) in [4.78, 5) is 17.2. The first-order chi connectivity index (χ1) is 14.5. The molecule has 1 saturated heterocycles. The highest BCUT2D eigenvalue weighted by atomic mass is 16.5. The van der Waals surface area contributed by atoms with Crippen molar-refractivity contribution in [3.05, 3.63) is 41.5 Å². The molecule has 6 nitrogen and oxygen atoms in total. The number of anilines is 2. The largest absolute Gasteiger partial charge is 0.496 e. The lowest BCUT2D eigenvalue weighted by atomic mass is 9.92. The fourth-order valence-corrected chi connectivity index (χ4v) is 4.03. The lowest BCUT2D eigenvalue weighted by Crippen LogP contribution is -2.44. The fourth-order valence-electron chi connectivity index (χ4n) is 4.03. The Morgan fingerprint density at radius 1 is 1.23 bits per heavy atom. The summed E-state index contributed by atoms with van der Waals surface area (Å²) in [5.74, 6) is 0.852. The van der Waals surface area contributed by atoms with Crippen LogP contribution in [0.4, 0.5) is 11.4 Å². The smallest absolute Gasteiger partial charge is 0.255 e. The average Bonchev–Trinajstić information content (AvgIpc) is 2.77. The third kappa shape index (κ3) is 4.38. The van der Waals surface area contributed by atoms with Gasteiger partial charge in [0.05, 0.1) is 24.0 Å². The molecule has 0 unspecified atom stereocenters. The van der Waals surface area contributed by atoms with Crippen molar-refractivity contribution in [1.82, 2.24) is 10.2 Å². The SMILES string of the molecule is CCCNc1c(C(=O)N(C)C)cc(C)c(-c2ccccc2OC)c1N1CCNCC1. The Bertz CT molecular complexity index is 889. The van der Waals surface area contributed by atoms with E-state index in [0.717, 1.165) is 78.5 Å². The summed E-state index contributed by atoms with van der Waals surface area (Å²) in [5, 5.41) is 7.03. The molecule has 0 atom stereocenters. The molecule has 1 aliphatic rings. The molecule has 30 heavy (non-hydrogen) atoms. The molecule has 0 bridgehead atoms. The molecule has 0 spiro atoms. The zero-order valence-electron chi connectivity index (χ0n) is 18.8. The number of nitrogens with zero attached hydrogens (tertiary/aromatic N) is 2. The minimum absolute atomic E-state index is 0.0136. The molecule has 2 N–H and O–H groups in total. The van der Waals surface area contributed by atoms with Crippen molar-refractivity contribution < 1.29 is 9.53 Å². The number of para-hydroxylation sites is 1. The van der Waals surface area contributed by atoms with Crippen LogP contribution >= 0.6 is 0 Å². The first-order valence-electron chi connectivity index (χ1n) is 10.7. The van der Waals surface area contributed by atoms with Crippen LogP contribution in [0.15, 0.2) is 30.3 Å². The number of ether oxygens (including phenoxy) is 1. The van der Waals surface area contributed by atoms with Gasteiger partial charge < -0.3 is 25.2 Å². The molecule has 0 aliphatic carbocycles. The zero-order valence-corrected chi connectivity index (χ0v) is 18.8. The Hall–Kier alpha value is -2.73. The molecule has 0 radical (unpaired) electrons. The number of rotatable bonds is 7. The summed E-state index contributed by atoms with van der Waals surface area (Å²) in [7, 11) is 5.32. The molecular weight excluding hydrogens is 376 g/mol. The van der Waals surface area contributed by atoms with Gasteiger partial charge in [-0.05, 0) is 31.0 Å². The Kier molecular flexibility index (Phi) is 7.21. The highest BCUT2D eigenvalue weighted by Gasteiger charge is 2.27. The maximum Gasteiger partial charge on any atom is 0.255 e. The van der Waals surface area contributed by atoms with Gasteiger partial charge >= 0.3 is 0 Å². The number of piperazine rings is 1. The van der Waals surface area contributed by atoms with Crippen LogP contribution in [0.5, 0.6) is 5.75 Å². The van der Waals surface area contributed by atoms with Gasteiger partial charge in [0.2, 0.25) is 0 Å². The normalized spacial score (nSPS) is 13.8. The van der Waals surface area contributed by atoms with Crippen LogP contribution in [0.1, 0.15) is 29.3 Å². The van der Waals surface area contributed by atoms with Crippen molar-refractivity contribution in [1.29, 1.82) is 0 Å². The Morgan fingerprint density at radius 2 is 1.93 bits per heavy atom. The predicted octanol–water partition coefficient (Wildman–Crippen LogP) is 3.60. The van der Waals surface area contributed by atoms with E-state index in [1.807, 2.05) is 24.3 Å². The molecule has 162 valence electrons. The average molecular weight is 411 g/mol. The maximum atomic E-state index is 13.1. The molecule has 0 saturated carbocycles. The van der Waals surface area contributed by atoms with Crippen molar-refractivity contribution in [2.24, 2.45) is 0 Å². The first-order valence-corrected chi connectivity index (χ1v) is 10.7. The van der Waals surface area contributed by atoms with E-state index in [2.05, 4.69) is 35.4 Å². The van der Waals surface area contributed by atoms with E-state index >= 15 is 0 Å². The minimum atomic E-state index is 0.0136. The summed E-state index contributed by atoms with van der Waals surface area (Å²) in [5.41, 5.74) is 5.99. The molecule has 1 amide bonds. The van der Waals surface area contributed by atoms with E-state index in [9.17, 15) is 4.79 Å². The molecule has 1 aliphatic heterocycles. The van der Waals surface area contributed by atoms with E-state index in [0.29, 0.717) is 0 Å². The standard InChI is InChI=1S/C24H34N4O2/c1-6-11-26-22-19(24(29)27(3)4)16-17(2)21(18-9-7-8-10-20(18)30-5)23(22)28-14-12-25-13-15-28/h7-10,16,25-26H,6,11-15H2,1-5H3. The zero-order chi connectivity index (χ0) is 21.7. The predicted molar refractivity (Wildman–Crippen MR) is 125 cm³/mol. The molecule has 1 fully saturated rings. The molecular formula is C24H34N4O2. The highest BCUT2D eigenvalue weighted by molar-refractivity contribution is 6.06. The van der Waals surface area contributed by atoms with Crippen molar-refractivity contribution >= 4 is 17.3 Å². The highest BCUT2D eigenvalue weighted by Crippen LogP contribution is 2.45. The molecule has 2 aromatic rings. The van der Waals surface area contributed by atoms with Crippen molar-refractivity contribution in [2.75, 3.05) is 64.1 Å². The Labute approximate surface area is 180 Å². The topological polar surface area (TPSA) is 56.8 Å². The van der Waals surface area contributed by atoms with Gasteiger partial charge in [-0.15, -0.1) is 0 Å². The Balaban J connectivity index is 2.33. The number of aryl methyl sites for hydroxylation is 1. The number of methoxy groups -OCH3 is 1. The van der Waals surface area contributed by atoms with E-state index in [4.69, 9.17) is 4.74 Å². The van der Waals surface area contributed by atoms with Gasteiger partial charge in [0, 0.05) is 57.9 Å². The van der Waals surface area contributed by atoms with Crippen LogP contribution in [-0.4, -0.2) is 64.7 Å². The van der Waals surface area contributed by atoms with Crippen molar-refractivity contribution in [2.45, 2.75) is 20.3 Å². The second-order valence-corrected chi connectivity index (χ2v) is 7.90. The van der Waals surface area contributed by atoms with Gasteiger partial charge in [0.15, 0.2) is 0 Å². The van der Waals surface area contributed by atoms with Crippen LogP contribution in [0.2, 0.25) is 0 Å². The van der Waals surface area contributed by atoms with Crippen molar-refractivity contribution in [3.8, 4) is 16.9 Å².